The molecule has 0 amide bonds. The van der Waals surface area contributed by atoms with E-state index in [0.717, 1.165) is 31.5 Å². The summed E-state index contributed by atoms with van der Waals surface area (Å²) in [4.78, 5) is 0. The van der Waals surface area contributed by atoms with Gasteiger partial charge in [0.2, 0.25) is 0 Å². The van der Waals surface area contributed by atoms with Crippen LogP contribution in [0.5, 0.6) is 0 Å². The Hall–Kier alpha value is -0.600. The van der Waals surface area contributed by atoms with Crippen molar-refractivity contribution in [2.75, 3.05) is 13.1 Å². The highest BCUT2D eigenvalue weighted by molar-refractivity contribution is 6.31. The first-order chi connectivity index (χ1) is 7.17. The number of nitrogens with one attached hydrogen (secondary N) is 1. The van der Waals surface area contributed by atoms with Gasteiger partial charge in [0.15, 0.2) is 0 Å². The number of hydrogen-bond acceptors (Lipinski definition) is 1. The van der Waals surface area contributed by atoms with E-state index in [1.165, 1.54) is 6.07 Å². The van der Waals surface area contributed by atoms with E-state index >= 15 is 0 Å². The van der Waals surface area contributed by atoms with Crippen LogP contribution in [0, 0.1) is 11.2 Å². The Morgan fingerprint density at radius 3 is 2.73 bits per heavy atom. The van der Waals surface area contributed by atoms with Crippen LogP contribution in [0.2, 0.25) is 5.02 Å². The van der Waals surface area contributed by atoms with Gasteiger partial charge < -0.3 is 5.32 Å². The summed E-state index contributed by atoms with van der Waals surface area (Å²) in [5.74, 6) is -0.312. The predicted octanol–water partition coefficient (Wildman–Crippen LogP) is 3.02. The fourth-order valence-corrected chi connectivity index (χ4v) is 2.26. The van der Waals surface area contributed by atoms with E-state index in [-0.39, 0.29) is 16.3 Å². The van der Waals surface area contributed by atoms with Gasteiger partial charge in [0, 0.05) is 13.1 Å². The largest absolute Gasteiger partial charge is 0.316 e. The van der Waals surface area contributed by atoms with E-state index in [4.69, 9.17) is 11.6 Å². The number of hydrogen-bond donors (Lipinski definition) is 1. The van der Waals surface area contributed by atoms with Gasteiger partial charge in [-0.2, -0.15) is 0 Å². The van der Waals surface area contributed by atoms with E-state index in [1.807, 2.05) is 6.07 Å². The molecule has 3 heteroatoms. The molecule has 0 atom stereocenters. The van der Waals surface area contributed by atoms with Crippen molar-refractivity contribution in [1.29, 1.82) is 0 Å². The lowest BCUT2D eigenvalue weighted by Gasteiger charge is -2.42. The highest BCUT2D eigenvalue weighted by atomic mass is 35.5. The predicted molar refractivity (Wildman–Crippen MR) is 60.7 cm³/mol. The van der Waals surface area contributed by atoms with Crippen molar-refractivity contribution in [2.45, 2.75) is 19.8 Å². The zero-order chi connectivity index (χ0) is 10.9. The van der Waals surface area contributed by atoms with Gasteiger partial charge in [0.1, 0.15) is 5.82 Å². The van der Waals surface area contributed by atoms with Crippen LogP contribution in [-0.4, -0.2) is 13.1 Å². The molecule has 2 rings (SSSR count). The minimum absolute atomic E-state index is 0.289. The first kappa shape index (κ1) is 10.9. The van der Waals surface area contributed by atoms with Gasteiger partial charge in [-0.1, -0.05) is 30.7 Å². The molecule has 1 aromatic rings. The Labute approximate surface area is 94.6 Å². The van der Waals surface area contributed by atoms with E-state index in [1.54, 1.807) is 6.07 Å². The first-order valence-electron chi connectivity index (χ1n) is 5.30. The molecular weight excluding hydrogens is 213 g/mol. The summed E-state index contributed by atoms with van der Waals surface area (Å²) in [7, 11) is 0. The molecule has 15 heavy (non-hydrogen) atoms. The van der Waals surface area contributed by atoms with Gasteiger partial charge in [-0.3, -0.25) is 0 Å². The summed E-state index contributed by atoms with van der Waals surface area (Å²) in [5.41, 5.74) is 1.22. The molecule has 1 fully saturated rings. The lowest BCUT2D eigenvalue weighted by molar-refractivity contribution is 0.160. The van der Waals surface area contributed by atoms with Gasteiger partial charge in [0.25, 0.3) is 0 Å². The summed E-state index contributed by atoms with van der Waals surface area (Å²) >= 11 is 5.94. The topological polar surface area (TPSA) is 12.0 Å². The van der Waals surface area contributed by atoms with Gasteiger partial charge in [-0.25, -0.2) is 4.39 Å². The molecular formula is C12H15ClFN. The molecule has 1 heterocycles. The van der Waals surface area contributed by atoms with Crippen LogP contribution < -0.4 is 5.32 Å². The molecule has 1 aliphatic rings. The van der Waals surface area contributed by atoms with Crippen LogP contribution in [-0.2, 0) is 6.42 Å². The summed E-state index contributed by atoms with van der Waals surface area (Å²) in [6.07, 6.45) is 1.97. The number of rotatable bonds is 3. The molecule has 1 N–H and O–H groups in total. The Morgan fingerprint density at radius 1 is 1.47 bits per heavy atom. The molecule has 1 aromatic carbocycles. The van der Waals surface area contributed by atoms with Gasteiger partial charge in [0.05, 0.1) is 5.02 Å². The Kier molecular flexibility index (Phi) is 2.98. The van der Waals surface area contributed by atoms with Crippen molar-refractivity contribution >= 4 is 11.6 Å². The van der Waals surface area contributed by atoms with Crippen molar-refractivity contribution < 1.29 is 4.39 Å². The number of benzene rings is 1. The standard InChI is InChI=1S/C12H15ClFN/c1-2-12(7-15-8-12)6-9-4-3-5-10(14)11(9)13/h3-5,15H,2,6-8H2,1H3. The fourth-order valence-electron chi connectivity index (χ4n) is 2.07. The number of halogens is 2. The van der Waals surface area contributed by atoms with Gasteiger partial charge >= 0.3 is 0 Å². The monoisotopic (exact) mass is 227 g/mol. The fraction of sp³-hybridized carbons (Fsp3) is 0.500. The Balaban J connectivity index is 2.20. The third-order valence-corrected chi connectivity index (χ3v) is 3.77. The summed E-state index contributed by atoms with van der Waals surface area (Å²) in [6.45, 7) is 4.20. The molecule has 82 valence electrons. The second-order valence-corrected chi connectivity index (χ2v) is 4.72. The minimum Gasteiger partial charge on any atom is -0.316 e. The zero-order valence-electron chi connectivity index (χ0n) is 8.82. The van der Waals surface area contributed by atoms with Crippen LogP contribution in [0.4, 0.5) is 4.39 Å². The van der Waals surface area contributed by atoms with Gasteiger partial charge in [-0.15, -0.1) is 0 Å². The molecule has 0 bridgehead atoms. The SMILES string of the molecule is CCC1(Cc2cccc(F)c2Cl)CNC1. The smallest absolute Gasteiger partial charge is 0.142 e. The second-order valence-electron chi connectivity index (χ2n) is 4.35. The maximum Gasteiger partial charge on any atom is 0.142 e. The maximum atomic E-state index is 13.2. The Morgan fingerprint density at radius 2 is 2.20 bits per heavy atom. The molecule has 0 aromatic heterocycles. The van der Waals surface area contributed by atoms with Crippen LogP contribution >= 0.6 is 11.6 Å². The second kappa shape index (κ2) is 4.11. The molecule has 0 aliphatic carbocycles. The molecule has 0 radical (unpaired) electrons. The lowest BCUT2D eigenvalue weighted by Crippen LogP contribution is -2.54. The first-order valence-corrected chi connectivity index (χ1v) is 5.68. The average Bonchev–Trinajstić information content (AvgIpc) is 2.18. The molecule has 1 nitrogen and oxygen atoms in total. The van der Waals surface area contributed by atoms with Crippen molar-refractivity contribution in [3.8, 4) is 0 Å². The van der Waals surface area contributed by atoms with E-state index < -0.39 is 0 Å². The van der Waals surface area contributed by atoms with Crippen LogP contribution in [0.15, 0.2) is 18.2 Å². The molecule has 0 saturated carbocycles. The molecule has 0 unspecified atom stereocenters. The minimum atomic E-state index is -0.312. The van der Waals surface area contributed by atoms with Crippen LogP contribution in [0.25, 0.3) is 0 Å². The van der Waals surface area contributed by atoms with Crippen LogP contribution in [0.1, 0.15) is 18.9 Å². The normalized spacial score (nSPS) is 18.6. The summed E-state index contributed by atoms with van der Waals surface area (Å²) in [6, 6.07) is 5.05. The van der Waals surface area contributed by atoms with Crippen molar-refractivity contribution in [1.82, 2.24) is 5.32 Å². The van der Waals surface area contributed by atoms with Crippen molar-refractivity contribution in [3.63, 3.8) is 0 Å². The zero-order valence-corrected chi connectivity index (χ0v) is 9.57. The highest BCUT2D eigenvalue weighted by Gasteiger charge is 2.35. The quantitative estimate of drug-likeness (QED) is 0.837. The Bertz CT molecular complexity index is 355. The summed E-state index contributed by atoms with van der Waals surface area (Å²) < 4.78 is 13.2. The summed E-state index contributed by atoms with van der Waals surface area (Å²) in [5, 5.41) is 3.56. The van der Waals surface area contributed by atoms with Gasteiger partial charge in [-0.05, 0) is 29.9 Å². The lowest BCUT2D eigenvalue weighted by atomic mass is 9.74. The van der Waals surface area contributed by atoms with Crippen LogP contribution in [0.3, 0.4) is 0 Å². The van der Waals surface area contributed by atoms with E-state index in [2.05, 4.69) is 12.2 Å². The van der Waals surface area contributed by atoms with E-state index in [9.17, 15) is 4.39 Å². The average molecular weight is 228 g/mol. The maximum absolute atomic E-state index is 13.2. The van der Waals surface area contributed by atoms with E-state index in [0.29, 0.717) is 0 Å². The third kappa shape index (κ3) is 2.01. The molecule has 1 saturated heterocycles. The highest BCUT2D eigenvalue weighted by Crippen LogP contribution is 2.34. The van der Waals surface area contributed by atoms with Crippen molar-refractivity contribution in [2.24, 2.45) is 5.41 Å². The molecule has 1 aliphatic heterocycles. The molecule has 0 spiro atoms. The third-order valence-electron chi connectivity index (χ3n) is 3.35. The van der Waals surface area contributed by atoms with Crippen molar-refractivity contribution in [3.05, 3.63) is 34.6 Å².